The summed E-state index contributed by atoms with van der Waals surface area (Å²) in [6.07, 6.45) is 3.87. The lowest BCUT2D eigenvalue weighted by atomic mass is 10.2. The highest BCUT2D eigenvalue weighted by Gasteiger charge is 2.30. The number of para-hydroxylation sites is 1. The molecule has 1 heterocycles. The second-order valence-corrected chi connectivity index (χ2v) is 6.20. The molecule has 132 valence electrons. The van der Waals surface area contributed by atoms with E-state index in [1.165, 1.54) is 0 Å². The van der Waals surface area contributed by atoms with Gasteiger partial charge in [0.2, 0.25) is 0 Å². The zero-order chi connectivity index (χ0) is 17.1. The predicted octanol–water partition coefficient (Wildman–Crippen LogP) is 6.52. The van der Waals surface area contributed by atoms with E-state index in [0.717, 1.165) is 36.0 Å². The van der Waals surface area contributed by atoms with Gasteiger partial charge < -0.3 is 9.80 Å². The summed E-state index contributed by atoms with van der Waals surface area (Å²) in [6, 6.07) is 13.8. The van der Waals surface area contributed by atoms with Crippen LogP contribution in [0.1, 0.15) is 13.8 Å². The van der Waals surface area contributed by atoms with Crippen LogP contribution in [0.2, 0.25) is 10.0 Å². The number of aliphatic imine (C=N–C) groups is 1. The lowest BCUT2D eigenvalue weighted by molar-refractivity contribution is 0.901. The number of halogens is 3. The average Bonchev–Trinajstić information content (AvgIpc) is 2.88. The van der Waals surface area contributed by atoms with Crippen LogP contribution in [0.5, 0.6) is 0 Å². The first kappa shape index (κ1) is 20.1. The Balaban J connectivity index is 0.00000225. The second-order valence-electron chi connectivity index (χ2n) is 5.38. The lowest BCUT2D eigenvalue weighted by Gasteiger charge is -2.22. The van der Waals surface area contributed by atoms with E-state index in [4.69, 9.17) is 23.2 Å². The molecule has 0 fully saturated rings. The van der Waals surface area contributed by atoms with E-state index in [1.54, 1.807) is 0 Å². The van der Waals surface area contributed by atoms with Gasteiger partial charge in [-0.15, -0.1) is 24.0 Å². The van der Waals surface area contributed by atoms with Gasteiger partial charge >= 0.3 is 0 Å². The fourth-order valence-electron chi connectivity index (χ4n) is 2.90. The minimum Gasteiger partial charge on any atom is -0.326 e. The molecule has 0 aliphatic carbocycles. The fraction of sp³-hybridized carbons (Fsp3) is 0.211. The Kier molecular flexibility index (Phi) is 7.16. The summed E-state index contributed by atoms with van der Waals surface area (Å²) in [5.41, 5.74) is 3.09. The molecular formula is C19H20Cl2IN3. The summed E-state index contributed by atoms with van der Waals surface area (Å²) in [4.78, 5) is 8.94. The summed E-state index contributed by atoms with van der Waals surface area (Å²) in [5.74, 6) is 1.08. The average molecular weight is 488 g/mol. The van der Waals surface area contributed by atoms with Crippen molar-refractivity contribution in [1.82, 2.24) is 0 Å². The predicted molar refractivity (Wildman–Crippen MR) is 121 cm³/mol. The van der Waals surface area contributed by atoms with Crippen LogP contribution in [0.25, 0.3) is 0 Å². The van der Waals surface area contributed by atoms with Gasteiger partial charge in [-0.1, -0.05) is 41.4 Å². The maximum absolute atomic E-state index is 6.21. The number of allylic oxidation sites excluding steroid dienone is 1. The fourth-order valence-corrected chi connectivity index (χ4v) is 3.22. The van der Waals surface area contributed by atoms with Crippen LogP contribution < -0.4 is 9.80 Å². The Labute approximate surface area is 176 Å². The molecule has 2 aromatic rings. The van der Waals surface area contributed by atoms with Crippen LogP contribution >= 0.6 is 47.2 Å². The highest BCUT2D eigenvalue weighted by molar-refractivity contribution is 14.0. The molecular weight excluding hydrogens is 468 g/mol. The Bertz CT molecular complexity index is 752. The molecule has 0 N–H and O–H groups in total. The van der Waals surface area contributed by atoms with Gasteiger partial charge in [-0.3, -0.25) is 4.99 Å². The van der Waals surface area contributed by atoms with E-state index in [2.05, 4.69) is 28.6 Å². The number of hydrogen-bond acceptors (Lipinski definition) is 3. The summed E-state index contributed by atoms with van der Waals surface area (Å²) >= 11 is 12.4. The van der Waals surface area contributed by atoms with Gasteiger partial charge in [0, 0.05) is 19.3 Å². The monoisotopic (exact) mass is 487 g/mol. The van der Waals surface area contributed by atoms with Crippen LogP contribution in [-0.2, 0) is 0 Å². The van der Waals surface area contributed by atoms with Gasteiger partial charge in [-0.05, 0) is 44.2 Å². The van der Waals surface area contributed by atoms with Gasteiger partial charge in [0.05, 0.1) is 27.1 Å². The largest absolute Gasteiger partial charge is 0.326 e. The third kappa shape index (κ3) is 4.13. The third-order valence-corrected chi connectivity index (χ3v) is 4.71. The van der Waals surface area contributed by atoms with E-state index >= 15 is 0 Å². The molecule has 1 aliphatic heterocycles. The summed E-state index contributed by atoms with van der Waals surface area (Å²) in [5, 5.41) is 1.15. The van der Waals surface area contributed by atoms with E-state index in [-0.39, 0.29) is 24.0 Å². The summed E-state index contributed by atoms with van der Waals surface area (Å²) in [7, 11) is 0. The van der Waals surface area contributed by atoms with Gasteiger partial charge in [0.15, 0.2) is 0 Å². The lowest BCUT2D eigenvalue weighted by Crippen LogP contribution is -2.28. The van der Waals surface area contributed by atoms with Gasteiger partial charge in [0.1, 0.15) is 5.82 Å². The van der Waals surface area contributed by atoms with Crippen LogP contribution in [0.4, 0.5) is 17.1 Å². The molecule has 25 heavy (non-hydrogen) atoms. The molecule has 0 atom stereocenters. The van der Waals surface area contributed by atoms with Crippen molar-refractivity contribution in [3.63, 3.8) is 0 Å². The number of anilines is 2. The minimum atomic E-state index is 0. The summed E-state index contributed by atoms with van der Waals surface area (Å²) < 4.78 is 0. The molecule has 0 aromatic heterocycles. The van der Waals surface area contributed by atoms with E-state index in [9.17, 15) is 0 Å². The quantitative estimate of drug-likeness (QED) is 0.361. The molecule has 1 aliphatic rings. The molecule has 0 radical (unpaired) electrons. The van der Waals surface area contributed by atoms with Crippen molar-refractivity contribution in [3.8, 4) is 0 Å². The summed E-state index contributed by atoms with van der Waals surface area (Å²) in [6.45, 7) is 5.92. The van der Waals surface area contributed by atoms with Crippen molar-refractivity contribution < 1.29 is 0 Å². The number of fused-ring (bicyclic) bond motifs is 1. The molecule has 2 aromatic carbocycles. The van der Waals surface area contributed by atoms with E-state index in [0.29, 0.717) is 10.0 Å². The maximum Gasteiger partial charge on any atom is 0.115 e. The molecule has 6 heteroatoms. The molecule has 0 amide bonds. The Morgan fingerprint density at radius 1 is 0.920 bits per heavy atom. The number of nitrogens with zero attached hydrogens (tertiary/aromatic N) is 3. The number of rotatable bonds is 4. The van der Waals surface area contributed by atoms with Crippen molar-refractivity contribution in [2.75, 3.05) is 22.9 Å². The number of hydrogen-bond donors (Lipinski definition) is 0. The SMILES string of the molecule is CCN1C(=CC=Nc2ccccc2)N(CC)c2cc(Cl)c(Cl)cc21.I. The molecule has 0 bridgehead atoms. The third-order valence-electron chi connectivity index (χ3n) is 3.99. The Morgan fingerprint density at radius 3 is 1.92 bits per heavy atom. The first-order valence-electron chi connectivity index (χ1n) is 7.99. The van der Waals surface area contributed by atoms with Crippen LogP contribution in [0.15, 0.2) is 59.4 Å². The van der Waals surface area contributed by atoms with Crippen molar-refractivity contribution in [3.05, 3.63) is 64.4 Å². The molecule has 0 saturated heterocycles. The standard InChI is InChI=1S/C19H19Cl2N3.HI/c1-3-23-17-12-15(20)16(21)13-18(17)24(4-2)19(23)10-11-22-14-8-6-5-7-9-14;/h5-13H,3-4H2,1-2H3;1H. The first-order chi connectivity index (χ1) is 11.7. The smallest absolute Gasteiger partial charge is 0.115 e. The maximum atomic E-state index is 6.21. The molecule has 0 saturated carbocycles. The van der Waals surface area contributed by atoms with Crippen LogP contribution in [-0.4, -0.2) is 19.3 Å². The molecule has 0 unspecified atom stereocenters. The van der Waals surface area contributed by atoms with Crippen molar-refractivity contribution in [2.45, 2.75) is 13.8 Å². The number of benzene rings is 2. The van der Waals surface area contributed by atoms with E-state index < -0.39 is 0 Å². The zero-order valence-electron chi connectivity index (χ0n) is 14.1. The van der Waals surface area contributed by atoms with Crippen molar-refractivity contribution in [1.29, 1.82) is 0 Å². The molecule has 0 spiro atoms. The van der Waals surface area contributed by atoms with Crippen molar-refractivity contribution in [2.24, 2.45) is 4.99 Å². The highest BCUT2D eigenvalue weighted by atomic mass is 127. The van der Waals surface area contributed by atoms with Crippen LogP contribution in [0.3, 0.4) is 0 Å². The zero-order valence-corrected chi connectivity index (χ0v) is 18.0. The van der Waals surface area contributed by atoms with Gasteiger partial charge in [-0.2, -0.15) is 0 Å². The Hall–Kier alpha value is -1.24. The minimum absolute atomic E-state index is 0. The first-order valence-corrected chi connectivity index (χ1v) is 8.74. The Morgan fingerprint density at radius 2 is 1.44 bits per heavy atom. The van der Waals surface area contributed by atoms with E-state index in [1.807, 2.05) is 54.8 Å². The van der Waals surface area contributed by atoms with Gasteiger partial charge in [0.25, 0.3) is 0 Å². The molecule has 3 nitrogen and oxygen atoms in total. The second kappa shape index (κ2) is 8.92. The highest BCUT2D eigenvalue weighted by Crippen LogP contribution is 2.45. The van der Waals surface area contributed by atoms with Gasteiger partial charge in [-0.25, -0.2) is 0 Å². The molecule has 3 rings (SSSR count). The normalized spacial score (nSPS) is 13.2. The van der Waals surface area contributed by atoms with Crippen LogP contribution in [0, 0.1) is 0 Å². The topological polar surface area (TPSA) is 18.8 Å². The van der Waals surface area contributed by atoms with Crippen molar-refractivity contribution >= 4 is 70.5 Å².